The van der Waals surface area contributed by atoms with E-state index in [0.717, 1.165) is 16.8 Å². The van der Waals surface area contributed by atoms with Crippen LogP contribution in [0.25, 0.3) is 22.3 Å². The third kappa shape index (κ3) is 3.14. The zero-order valence-corrected chi connectivity index (χ0v) is 14.0. The summed E-state index contributed by atoms with van der Waals surface area (Å²) in [4.78, 5) is 0. The number of benzene rings is 3. The molecular weight excluding hydrogens is 278 g/mol. The first kappa shape index (κ1) is 15.4. The van der Waals surface area contributed by atoms with E-state index in [1.54, 1.807) is 0 Å². The first-order chi connectivity index (χ1) is 11.0. The summed E-state index contributed by atoms with van der Waals surface area (Å²) < 4.78 is 0. The van der Waals surface area contributed by atoms with Gasteiger partial charge in [0.15, 0.2) is 0 Å². The highest BCUT2D eigenvalue weighted by molar-refractivity contribution is 5.84. The zero-order chi connectivity index (χ0) is 16.4. The van der Waals surface area contributed by atoms with Crippen molar-refractivity contribution in [3.05, 3.63) is 78.4 Å². The predicted octanol–water partition coefficient (Wildman–Crippen LogP) is 5.90. The molecule has 116 valence electrons. The number of hydrogen-bond acceptors (Lipinski definition) is 1. The van der Waals surface area contributed by atoms with Crippen LogP contribution in [0, 0.1) is 0 Å². The van der Waals surface area contributed by atoms with Gasteiger partial charge in [0.05, 0.1) is 0 Å². The molecule has 0 saturated carbocycles. The minimum absolute atomic E-state index is 0.00158. The second-order valence-electron chi connectivity index (χ2n) is 6.97. The molecule has 3 rings (SSSR count). The van der Waals surface area contributed by atoms with Crippen molar-refractivity contribution in [3.8, 4) is 22.3 Å². The Kier molecular flexibility index (Phi) is 3.96. The molecule has 0 spiro atoms. The molecule has 0 amide bonds. The Bertz CT molecular complexity index is 797. The Morgan fingerprint density at radius 2 is 1.17 bits per heavy atom. The molecule has 0 bridgehead atoms. The van der Waals surface area contributed by atoms with Gasteiger partial charge in [-0.05, 0) is 39.8 Å². The van der Waals surface area contributed by atoms with Crippen LogP contribution in [0.15, 0.2) is 72.8 Å². The van der Waals surface area contributed by atoms with Crippen molar-refractivity contribution in [3.63, 3.8) is 0 Å². The summed E-state index contributed by atoms with van der Waals surface area (Å²) in [6.45, 7) is 6.63. The molecule has 1 heteroatoms. The quantitative estimate of drug-likeness (QED) is 0.586. The highest BCUT2D eigenvalue weighted by atomic mass is 14.6. The van der Waals surface area contributed by atoms with Gasteiger partial charge in [0.25, 0.3) is 0 Å². The third-order valence-corrected chi connectivity index (χ3v) is 4.18. The molecule has 0 unspecified atom stereocenters. The molecule has 0 atom stereocenters. The minimum Gasteiger partial charge on any atom is -0.398 e. The maximum absolute atomic E-state index is 6.55. The van der Waals surface area contributed by atoms with Crippen LogP contribution in [0.1, 0.15) is 26.3 Å². The van der Waals surface area contributed by atoms with Crippen molar-refractivity contribution in [2.45, 2.75) is 26.2 Å². The highest BCUT2D eigenvalue weighted by Gasteiger charge is 2.21. The van der Waals surface area contributed by atoms with E-state index in [-0.39, 0.29) is 5.41 Å². The van der Waals surface area contributed by atoms with Crippen LogP contribution >= 0.6 is 0 Å². The molecule has 0 aliphatic rings. The molecule has 0 radical (unpaired) electrons. The summed E-state index contributed by atoms with van der Waals surface area (Å²) >= 11 is 0. The fraction of sp³-hybridized carbons (Fsp3) is 0.182. The molecule has 0 heterocycles. The maximum Gasteiger partial charge on any atom is 0.0432 e. The number of hydrogen-bond donors (Lipinski definition) is 1. The van der Waals surface area contributed by atoms with E-state index in [1.807, 2.05) is 12.1 Å². The van der Waals surface area contributed by atoms with Crippen molar-refractivity contribution in [2.24, 2.45) is 0 Å². The predicted molar refractivity (Wildman–Crippen MR) is 100 cm³/mol. The van der Waals surface area contributed by atoms with Crippen LogP contribution in [0.3, 0.4) is 0 Å². The van der Waals surface area contributed by atoms with Crippen molar-refractivity contribution < 1.29 is 0 Å². The lowest BCUT2D eigenvalue weighted by atomic mass is 9.81. The van der Waals surface area contributed by atoms with Crippen LogP contribution in [0.4, 0.5) is 5.69 Å². The van der Waals surface area contributed by atoms with Gasteiger partial charge in [-0.15, -0.1) is 0 Å². The van der Waals surface area contributed by atoms with Crippen LogP contribution in [-0.2, 0) is 5.41 Å². The van der Waals surface area contributed by atoms with Crippen LogP contribution in [0.2, 0.25) is 0 Å². The van der Waals surface area contributed by atoms with E-state index in [2.05, 4.69) is 81.4 Å². The summed E-state index contributed by atoms with van der Waals surface area (Å²) in [6, 6.07) is 25.3. The van der Waals surface area contributed by atoms with E-state index < -0.39 is 0 Å². The fourth-order valence-corrected chi connectivity index (χ4v) is 2.93. The van der Waals surface area contributed by atoms with Gasteiger partial charge in [-0.1, -0.05) is 81.4 Å². The van der Waals surface area contributed by atoms with E-state index in [1.165, 1.54) is 16.7 Å². The normalized spacial score (nSPS) is 11.4. The molecule has 3 aromatic rings. The van der Waals surface area contributed by atoms with Gasteiger partial charge >= 0.3 is 0 Å². The number of nitrogens with two attached hydrogens (primary N) is 1. The van der Waals surface area contributed by atoms with Gasteiger partial charge in [-0.2, -0.15) is 0 Å². The van der Waals surface area contributed by atoms with Crippen molar-refractivity contribution >= 4 is 5.69 Å². The van der Waals surface area contributed by atoms with Crippen molar-refractivity contribution in [1.29, 1.82) is 0 Å². The van der Waals surface area contributed by atoms with Gasteiger partial charge in [-0.3, -0.25) is 0 Å². The first-order valence-corrected chi connectivity index (χ1v) is 8.01. The standard InChI is InChI=1S/C22H23N/c1-22(2,3)20-15-18(16-10-6-4-7-11-16)14-19(21(20)23)17-12-8-5-9-13-17/h4-15H,23H2,1-3H3. The maximum atomic E-state index is 6.55. The molecule has 0 fully saturated rings. The van der Waals surface area contributed by atoms with Crippen LogP contribution < -0.4 is 5.73 Å². The second-order valence-corrected chi connectivity index (χ2v) is 6.97. The van der Waals surface area contributed by atoms with Crippen LogP contribution in [0.5, 0.6) is 0 Å². The summed E-state index contributed by atoms with van der Waals surface area (Å²) in [5.41, 5.74) is 13.3. The molecule has 0 aliphatic carbocycles. The summed E-state index contributed by atoms with van der Waals surface area (Å²) in [7, 11) is 0. The Hall–Kier alpha value is -2.54. The van der Waals surface area contributed by atoms with Crippen molar-refractivity contribution in [1.82, 2.24) is 0 Å². The van der Waals surface area contributed by atoms with Gasteiger partial charge in [-0.25, -0.2) is 0 Å². The largest absolute Gasteiger partial charge is 0.398 e. The molecule has 3 aromatic carbocycles. The smallest absolute Gasteiger partial charge is 0.0432 e. The molecule has 0 aliphatic heterocycles. The summed E-state index contributed by atoms with van der Waals surface area (Å²) in [5.74, 6) is 0. The summed E-state index contributed by atoms with van der Waals surface area (Å²) in [5, 5.41) is 0. The monoisotopic (exact) mass is 301 g/mol. The minimum atomic E-state index is -0.00158. The van der Waals surface area contributed by atoms with Gasteiger partial charge in [0, 0.05) is 11.3 Å². The molecule has 23 heavy (non-hydrogen) atoms. The molecule has 1 nitrogen and oxygen atoms in total. The lowest BCUT2D eigenvalue weighted by molar-refractivity contribution is 0.593. The topological polar surface area (TPSA) is 26.0 Å². The lowest BCUT2D eigenvalue weighted by Gasteiger charge is -2.24. The number of nitrogen functional groups attached to an aromatic ring is 1. The number of rotatable bonds is 2. The molecular formula is C22H23N. The zero-order valence-electron chi connectivity index (χ0n) is 14.0. The lowest BCUT2D eigenvalue weighted by Crippen LogP contribution is -2.15. The third-order valence-electron chi connectivity index (χ3n) is 4.18. The Balaban J connectivity index is 2.27. The fourth-order valence-electron chi connectivity index (χ4n) is 2.93. The Morgan fingerprint density at radius 1 is 0.652 bits per heavy atom. The van der Waals surface area contributed by atoms with E-state index in [0.29, 0.717) is 0 Å². The van der Waals surface area contributed by atoms with Crippen LogP contribution in [-0.4, -0.2) is 0 Å². The van der Waals surface area contributed by atoms with Crippen molar-refractivity contribution in [2.75, 3.05) is 5.73 Å². The van der Waals surface area contributed by atoms with E-state index >= 15 is 0 Å². The van der Waals surface area contributed by atoms with Gasteiger partial charge in [0.1, 0.15) is 0 Å². The first-order valence-electron chi connectivity index (χ1n) is 8.01. The molecule has 0 saturated heterocycles. The Morgan fingerprint density at radius 3 is 1.70 bits per heavy atom. The highest BCUT2D eigenvalue weighted by Crippen LogP contribution is 2.39. The average Bonchev–Trinajstić information content (AvgIpc) is 2.55. The summed E-state index contributed by atoms with van der Waals surface area (Å²) in [6.07, 6.45) is 0. The number of anilines is 1. The van der Waals surface area contributed by atoms with E-state index in [4.69, 9.17) is 5.73 Å². The second kappa shape index (κ2) is 5.92. The van der Waals surface area contributed by atoms with E-state index in [9.17, 15) is 0 Å². The van der Waals surface area contributed by atoms with Gasteiger partial charge in [0.2, 0.25) is 0 Å². The van der Waals surface area contributed by atoms with Gasteiger partial charge < -0.3 is 5.73 Å². The molecule has 0 aromatic heterocycles. The average molecular weight is 301 g/mol. The Labute approximate surface area is 138 Å². The molecule has 2 N–H and O–H groups in total. The SMILES string of the molecule is CC(C)(C)c1cc(-c2ccccc2)cc(-c2ccccc2)c1N.